The average molecular weight is 247 g/mol. The molecule has 0 saturated carbocycles. The molecule has 94 valence electrons. The smallest absolute Gasteiger partial charge is 0.259 e. The lowest BCUT2D eigenvalue weighted by Gasteiger charge is -2.07. The monoisotopic (exact) mass is 247 g/mol. The van der Waals surface area contributed by atoms with Crippen molar-refractivity contribution in [2.75, 3.05) is 5.32 Å². The minimum atomic E-state index is -0.446. The van der Waals surface area contributed by atoms with Gasteiger partial charge >= 0.3 is 0 Å². The Kier molecular flexibility index (Phi) is 3.12. The van der Waals surface area contributed by atoms with E-state index >= 15 is 0 Å². The van der Waals surface area contributed by atoms with Crippen LogP contribution in [0, 0.1) is 0 Å². The molecule has 0 saturated heterocycles. The molecule has 2 rings (SSSR count). The van der Waals surface area contributed by atoms with Gasteiger partial charge in [-0.3, -0.25) is 19.7 Å². The number of hydrogen-bond donors (Lipinski definition) is 3. The Morgan fingerprint density at radius 2 is 2.00 bits per heavy atom. The quantitative estimate of drug-likeness (QED) is 0.666. The SMILES string of the molecule is CC(N)CC(=O)Nc1ccc2c(c1)C(=O)NC2=O. The molecular weight excluding hydrogens is 234 g/mol. The van der Waals surface area contributed by atoms with Crippen molar-refractivity contribution in [2.45, 2.75) is 19.4 Å². The molecule has 1 heterocycles. The van der Waals surface area contributed by atoms with Crippen molar-refractivity contribution < 1.29 is 14.4 Å². The van der Waals surface area contributed by atoms with E-state index in [1.807, 2.05) is 0 Å². The predicted octanol–water partition coefficient (Wildman–Crippen LogP) is 0.246. The van der Waals surface area contributed by atoms with Crippen molar-refractivity contribution in [2.24, 2.45) is 5.73 Å². The zero-order valence-electron chi connectivity index (χ0n) is 9.82. The summed E-state index contributed by atoms with van der Waals surface area (Å²) in [5.41, 5.74) is 6.58. The molecule has 18 heavy (non-hydrogen) atoms. The van der Waals surface area contributed by atoms with Crippen molar-refractivity contribution in [3.05, 3.63) is 29.3 Å². The number of nitrogens with one attached hydrogen (secondary N) is 2. The fraction of sp³-hybridized carbons (Fsp3) is 0.250. The van der Waals surface area contributed by atoms with Gasteiger partial charge in [-0.05, 0) is 25.1 Å². The molecule has 3 amide bonds. The third kappa shape index (κ3) is 2.38. The van der Waals surface area contributed by atoms with E-state index in [9.17, 15) is 14.4 Å². The van der Waals surface area contributed by atoms with E-state index in [1.165, 1.54) is 12.1 Å². The summed E-state index contributed by atoms with van der Waals surface area (Å²) >= 11 is 0. The van der Waals surface area contributed by atoms with Crippen LogP contribution in [0.25, 0.3) is 0 Å². The molecule has 1 atom stereocenters. The summed E-state index contributed by atoms with van der Waals surface area (Å²) in [7, 11) is 0. The number of hydrogen-bond acceptors (Lipinski definition) is 4. The van der Waals surface area contributed by atoms with Gasteiger partial charge < -0.3 is 11.1 Å². The summed E-state index contributed by atoms with van der Waals surface area (Å²) in [6.07, 6.45) is 0.197. The number of rotatable bonds is 3. The van der Waals surface area contributed by atoms with Crippen LogP contribution in [0.15, 0.2) is 18.2 Å². The molecule has 0 aliphatic carbocycles. The van der Waals surface area contributed by atoms with E-state index in [1.54, 1.807) is 13.0 Å². The summed E-state index contributed by atoms with van der Waals surface area (Å²) < 4.78 is 0. The van der Waals surface area contributed by atoms with E-state index in [0.717, 1.165) is 0 Å². The van der Waals surface area contributed by atoms with Crippen molar-refractivity contribution >= 4 is 23.4 Å². The highest BCUT2D eigenvalue weighted by Crippen LogP contribution is 2.20. The molecule has 0 bridgehead atoms. The van der Waals surface area contributed by atoms with Gasteiger partial charge in [-0.25, -0.2) is 0 Å². The molecule has 6 nitrogen and oxygen atoms in total. The van der Waals surface area contributed by atoms with Crippen LogP contribution in [0.3, 0.4) is 0 Å². The van der Waals surface area contributed by atoms with Crippen molar-refractivity contribution in [1.29, 1.82) is 0 Å². The molecule has 1 aliphatic heterocycles. The first-order valence-electron chi connectivity index (χ1n) is 5.52. The third-order valence-electron chi connectivity index (χ3n) is 2.53. The maximum absolute atomic E-state index is 11.5. The number of carbonyl (C=O) groups is 3. The molecule has 1 aromatic rings. The Morgan fingerprint density at radius 1 is 1.33 bits per heavy atom. The molecule has 0 fully saturated rings. The highest BCUT2D eigenvalue weighted by Gasteiger charge is 2.26. The van der Waals surface area contributed by atoms with Crippen LogP contribution in [-0.2, 0) is 4.79 Å². The lowest BCUT2D eigenvalue weighted by molar-refractivity contribution is -0.116. The molecule has 1 unspecified atom stereocenters. The molecule has 4 N–H and O–H groups in total. The second-order valence-corrected chi connectivity index (χ2v) is 4.27. The Morgan fingerprint density at radius 3 is 2.67 bits per heavy atom. The number of imide groups is 1. The zero-order valence-corrected chi connectivity index (χ0v) is 9.82. The Bertz CT molecular complexity index is 537. The average Bonchev–Trinajstić information content (AvgIpc) is 2.53. The van der Waals surface area contributed by atoms with E-state index in [-0.39, 0.29) is 23.9 Å². The number of fused-ring (bicyclic) bond motifs is 1. The van der Waals surface area contributed by atoms with Crippen LogP contribution in [0.2, 0.25) is 0 Å². The summed E-state index contributed by atoms with van der Waals surface area (Å²) in [5, 5.41) is 4.81. The van der Waals surface area contributed by atoms with Crippen LogP contribution >= 0.6 is 0 Å². The maximum Gasteiger partial charge on any atom is 0.259 e. The van der Waals surface area contributed by atoms with Gasteiger partial charge in [0.15, 0.2) is 0 Å². The standard InChI is InChI=1S/C12H13N3O3/c1-6(13)4-10(16)14-7-2-3-8-9(5-7)12(18)15-11(8)17/h2-3,5-6H,4,13H2,1H3,(H,14,16)(H,15,17,18). The molecule has 0 spiro atoms. The largest absolute Gasteiger partial charge is 0.327 e. The molecule has 0 aromatic heterocycles. The number of nitrogens with two attached hydrogens (primary N) is 1. The van der Waals surface area contributed by atoms with Gasteiger partial charge in [-0.1, -0.05) is 0 Å². The maximum atomic E-state index is 11.5. The van der Waals surface area contributed by atoms with Crippen molar-refractivity contribution in [3.63, 3.8) is 0 Å². The zero-order chi connectivity index (χ0) is 13.3. The first-order valence-corrected chi connectivity index (χ1v) is 5.52. The van der Waals surface area contributed by atoms with Crippen LogP contribution in [0.5, 0.6) is 0 Å². The predicted molar refractivity (Wildman–Crippen MR) is 65.1 cm³/mol. The first-order chi connectivity index (χ1) is 8.47. The van der Waals surface area contributed by atoms with Gasteiger partial charge in [0.05, 0.1) is 11.1 Å². The number of benzene rings is 1. The third-order valence-corrected chi connectivity index (χ3v) is 2.53. The van der Waals surface area contributed by atoms with Gasteiger partial charge in [-0.2, -0.15) is 0 Å². The van der Waals surface area contributed by atoms with E-state index in [0.29, 0.717) is 11.3 Å². The van der Waals surface area contributed by atoms with Crippen LogP contribution in [-0.4, -0.2) is 23.8 Å². The fourth-order valence-electron chi connectivity index (χ4n) is 1.75. The van der Waals surface area contributed by atoms with Gasteiger partial charge in [0.2, 0.25) is 5.91 Å². The molecule has 6 heteroatoms. The second kappa shape index (κ2) is 4.58. The van der Waals surface area contributed by atoms with Gasteiger partial charge in [0.25, 0.3) is 11.8 Å². The Hall–Kier alpha value is -2.21. The number of amides is 3. The van der Waals surface area contributed by atoms with Crippen molar-refractivity contribution in [1.82, 2.24) is 5.32 Å². The van der Waals surface area contributed by atoms with Gasteiger partial charge in [-0.15, -0.1) is 0 Å². The fourth-order valence-corrected chi connectivity index (χ4v) is 1.75. The van der Waals surface area contributed by atoms with Gasteiger partial charge in [0.1, 0.15) is 0 Å². The first kappa shape index (κ1) is 12.3. The second-order valence-electron chi connectivity index (χ2n) is 4.27. The van der Waals surface area contributed by atoms with E-state index in [4.69, 9.17) is 5.73 Å². The van der Waals surface area contributed by atoms with Crippen molar-refractivity contribution in [3.8, 4) is 0 Å². The number of carbonyl (C=O) groups excluding carboxylic acids is 3. The minimum Gasteiger partial charge on any atom is -0.327 e. The lowest BCUT2D eigenvalue weighted by atomic mass is 10.1. The topological polar surface area (TPSA) is 101 Å². The van der Waals surface area contributed by atoms with Gasteiger partial charge in [0, 0.05) is 18.2 Å². The summed E-state index contributed by atoms with van der Waals surface area (Å²) in [6, 6.07) is 4.34. The Labute approximate surface area is 104 Å². The van der Waals surface area contributed by atoms with Crippen LogP contribution < -0.4 is 16.4 Å². The number of anilines is 1. The highest BCUT2D eigenvalue weighted by molar-refractivity contribution is 6.22. The van der Waals surface area contributed by atoms with Crippen LogP contribution in [0.1, 0.15) is 34.1 Å². The molecule has 1 aliphatic rings. The van der Waals surface area contributed by atoms with E-state index < -0.39 is 11.8 Å². The highest BCUT2D eigenvalue weighted by atomic mass is 16.2. The Balaban J connectivity index is 2.18. The minimum absolute atomic E-state index is 0.197. The summed E-state index contributed by atoms with van der Waals surface area (Å²) in [5.74, 6) is -1.09. The van der Waals surface area contributed by atoms with E-state index in [2.05, 4.69) is 10.6 Å². The lowest BCUT2D eigenvalue weighted by Crippen LogP contribution is -2.24. The normalized spacial score (nSPS) is 15.0. The summed E-state index contributed by atoms with van der Waals surface area (Å²) in [6.45, 7) is 1.73. The molecule has 1 aromatic carbocycles. The van der Waals surface area contributed by atoms with Crippen LogP contribution in [0.4, 0.5) is 5.69 Å². The molecular formula is C12H13N3O3. The molecule has 0 radical (unpaired) electrons. The summed E-state index contributed by atoms with van der Waals surface area (Å²) in [4.78, 5) is 34.3.